The molecule has 0 aliphatic carbocycles. The van der Waals surface area contributed by atoms with E-state index in [1.165, 1.54) is 11.0 Å². The number of piperazine rings is 1. The van der Waals surface area contributed by atoms with Crippen molar-refractivity contribution in [2.45, 2.75) is 32.4 Å². The van der Waals surface area contributed by atoms with Crippen molar-refractivity contribution in [2.24, 2.45) is 0 Å². The summed E-state index contributed by atoms with van der Waals surface area (Å²) in [5.74, 6) is -3.27. The molecule has 8 heteroatoms. The van der Waals surface area contributed by atoms with Crippen LogP contribution in [-0.2, 0) is 9.53 Å². The standard InChI is InChI=1S/C17H22F2N2O4/c1-17(2,3)25-16(24)21-8-6-20(7-9-21)14(15(22)23)11-4-5-12(18)13(19)10-11/h4-5,10,14H,6-9H2,1-3H3,(H,22,23). The van der Waals surface area contributed by atoms with E-state index >= 15 is 0 Å². The number of benzene rings is 1. The predicted molar refractivity (Wildman–Crippen MR) is 86.1 cm³/mol. The number of carbonyl (C=O) groups is 2. The Morgan fingerprint density at radius 1 is 1.12 bits per heavy atom. The smallest absolute Gasteiger partial charge is 0.410 e. The maximum Gasteiger partial charge on any atom is 0.410 e. The van der Waals surface area contributed by atoms with Gasteiger partial charge in [0.2, 0.25) is 0 Å². The fraction of sp³-hybridized carbons (Fsp3) is 0.529. The van der Waals surface area contributed by atoms with Gasteiger partial charge in [0.05, 0.1) is 0 Å². The lowest BCUT2D eigenvalue weighted by atomic mass is 10.0. The van der Waals surface area contributed by atoms with Crippen LogP contribution in [-0.4, -0.2) is 58.7 Å². The third-order valence-electron chi connectivity index (χ3n) is 3.82. The minimum absolute atomic E-state index is 0.164. The van der Waals surface area contributed by atoms with Crippen LogP contribution in [0.4, 0.5) is 13.6 Å². The first kappa shape index (κ1) is 19.1. The summed E-state index contributed by atoms with van der Waals surface area (Å²) in [7, 11) is 0. The number of nitrogens with zero attached hydrogens (tertiary/aromatic N) is 2. The summed E-state index contributed by atoms with van der Waals surface area (Å²) in [5, 5.41) is 9.50. The zero-order valence-corrected chi connectivity index (χ0v) is 14.5. The van der Waals surface area contributed by atoms with Gasteiger partial charge in [0.25, 0.3) is 0 Å². The molecular weight excluding hydrogens is 334 g/mol. The highest BCUT2D eigenvalue weighted by Crippen LogP contribution is 2.24. The number of carboxylic acids is 1. The van der Waals surface area contributed by atoms with Crippen molar-refractivity contribution in [1.29, 1.82) is 0 Å². The number of ether oxygens (including phenoxy) is 1. The van der Waals surface area contributed by atoms with Gasteiger partial charge in [-0.2, -0.15) is 0 Å². The van der Waals surface area contributed by atoms with Crippen molar-refractivity contribution >= 4 is 12.1 Å². The largest absolute Gasteiger partial charge is 0.480 e. The number of amides is 1. The summed E-state index contributed by atoms with van der Waals surface area (Å²) < 4.78 is 31.8. The van der Waals surface area contributed by atoms with Crippen LogP contribution in [0.5, 0.6) is 0 Å². The van der Waals surface area contributed by atoms with Gasteiger partial charge in [-0.05, 0) is 38.5 Å². The Morgan fingerprint density at radius 3 is 2.20 bits per heavy atom. The van der Waals surface area contributed by atoms with Crippen LogP contribution in [0.25, 0.3) is 0 Å². The second-order valence-electron chi connectivity index (χ2n) is 6.92. The molecule has 2 rings (SSSR count). The number of hydrogen-bond acceptors (Lipinski definition) is 4. The third-order valence-corrected chi connectivity index (χ3v) is 3.82. The number of carbonyl (C=O) groups excluding carboxylic acids is 1. The average molecular weight is 356 g/mol. The molecule has 0 aromatic heterocycles. The van der Waals surface area contributed by atoms with Crippen molar-refractivity contribution in [3.05, 3.63) is 35.4 Å². The molecule has 1 aromatic rings. The lowest BCUT2D eigenvalue weighted by Crippen LogP contribution is -2.52. The zero-order chi connectivity index (χ0) is 18.8. The van der Waals surface area contributed by atoms with Crippen LogP contribution < -0.4 is 0 Å². The minimum atomic E-state index is -1.16. The van der Waals surface area contributed by atoms with E-state index in [0.717, 1.165) is 12.1 Å². The molecular formula is C17H22F2N2O4. The number of aliphatic carboxylic acids is 1. The van der Waals surface area contributed by atoms with Gasteiger partial charge in [0.1, 0.15) is 11.6 Å². The van der Waals surface area contributed by atoms with Crippen LogP contribution in [0.2, 0.25) is 0 Å². The van der Waals surface area contributed by atoms with E-state index in [1.807, 2.05) is 0 Å². The van der Waals surface area contributed by atoms with Crippen LogP contribution in [0.3, 0.4) is 0 Å². The highest BCUT2D eigenvalue weighted by molar-refractivity contribution is 5.75. The van der Waals surface area contributed by atoms with Crippen molar-refractivity contribution in [2.75, 3.05) is 26.2 Å². The van der Waals surface area contributed by atoms with Crippen LogP contribution >= 0.6 is 0 Å². The molecule has 1 heterocycles. The highest BCUT2D eigenvalue weighted by Gasteiger charge is 2.33. The van der Waals surface area contributed by atoms with E-state index in [4.69, 9.17) is 4.74 Å². The van der Waals surface area contributed by atoms with Gasteiger partial charge in [0.15, 0.2) is 11.6 Å². The molecule has 1 aliphatic rings. The molecule has 0 saturated carbocycles. The summed E-state index contributed by atoms with van der Waals surface area (Å²) in [5.41, 5.74) is -0.444. The first-order valence-corrected chi connectivity index (χ1v) is 7.98. The van der Waals surface area contributed by atoms with Gasteiger partial charge < -0.3 is 14.7 Å². The molecule has 25 heavy (non-hydrogen) atoms. The Balaban J connectivity index is 2.07. The van der Waals surface area contributed by atoms with Gasteiger partial charge in [-0.25, -0.2) is 13.6 Å². The number of hydrogen-bond donors (Lipinski definition) is 1. The molecule has 1 N–H and O–H groups in total. The summed E-state index contributed by atoms with van der Waals surface area (Å²) >= 11 is 0. The van der Waals surface area contributed by atoms with Crippen LogP contribution in [0.1, 0.15) is 32.4 Å². The maximum atomic E-state index is 13.4. The van der Waals surface area contributed by atoms with E-state index in [0.29, 0.717) is 13.1 Å². The van der Waals surface area contributed by atoms with Crippen molar-refractivity contribution < 1.29 is 28.2 Å². The highest BCUT2D eigenvalue weighted by atomic mass is 19.2. The lowest BCUT2D eigenvalue weighted by Gasteiger charge is -2.38. The molecule has 138 valence electrons. The third kappa shape index (κ3) is 4.88. The normalized spacial score (nSPS) is 17.2. The van der Waals surface area contributed by atoms with Crippen LogP contribution in [0.15, 0.2) is 18.2 Å². The number of rotatable bonds is 3. The Bertz CT molecular complexity index is 653. The van der Waals surface area contributed by atoms with E-state index < -0.39 is 35.3 Å². The van der Waals surface area contributed by atoms with Crippen LogP contribution in [0, 0.1) is 11.6 Å². The van der Waals surface area contributed by atoms with Crippen molar-refractivity contribution in [1.82, 2.24) is 9.80 Å². The Kier molecular flexibility index (Phi) is 5.62. The van der Waals surface area contributed by atoms with Gasteiger partial charge in [-0.1, -0.05) is 6.07 Å². The Labute approximate surface area is 145 Å². The van der Waals surface area contributed by atoms with Gasteiger partial charge in [-0.15, -0.1) is 0 Å². The topological polar surface area (TPSA) is 70.1 Å². The van der Waals surface area contributed by atoms with Gasteiger partial charge in [0, 0.05) is 26.2 Å². The van der Waals surface area contributed by atoms with Crippen molar-refractivity contribution in [3.63, 3.8) is 0 Å². The fourth-order valence-corrected chi connectivity index (χ4v) is 2.68. The summed E-state index contributed by atoms with van der Waals surface area (Å²) in [6, 6.07) is 1.97. The Morgan fingerprint density at radius 2 is 1.72 bits per heavy atom. The van der Waals surface area contributed by atoms with E-state index in [2.05, 4.69) is 0 Å². The molecule has 1 aliphatic heterocycles. The summed E-state index contributed by atoms with van der Waals surface area (Å²) in [4.78, 5) is 26.8. The molecule has 0 bridgehead atoms. The molecule has 1 unspecified atom stereocenters. The summed E-state index contributed by atoms with van der Waals surface area (Å²) in [6.07, 6.45) is -0.452. The molecule has 0 radical (unpaired) electrons. The van der Waals surface area contributed by atoms with E-state index in [9.17, 15) is 23.5 Å². The quantitative estimate of drug-likeness (QED) is 0.902. The lowest BCUT2D eigenvalue weighted by molar-refractivity contribution is -0.144. The molecule has 0 spiro atoms. The first-order chi connectivity index (χ1) is 11.6. The number of halogens is 2. The summed E-state index contributed by atoms with van der Waals surface area (Å²) in [6.45, 7) is 6.47. The van der Waals surface area contributed by atoms with E-state index in [-0.39, 0.29) is 18.7 Å². The maximum absolute atomic E-state index is 13.4. The van der Waals surface area contributed by atoms with E-state index in [1.54, 1.807) is 25.7 Å². The van der Waals surface area contributed by atoms with Gasteiger partial charge >= 0.3 is 12.1 Å². The second kappa shape index (κ2) is 7.35. The number of carboxylic acid groups (broad SMARTS) is 1. The zero-order valence-electron chi connectivity index (χ0n) is 14.5. The fourth-order valence-electron chi connectivity index (χ4n) is 2.68. The Hall–Kier alpha value is -2.22. The minimum Gasteiger partial charge on any atom is -0.480 e. The molecule has 1 aromatic carbocycles. The SMILES string of the molecule is CC(C)(C)OC(=O)N1CCN(C(C(=O)O)c2ccc(F)c(F)c2)CC1. The molecule has 1 amide bonds. The molecule has 1 saturated heterocycles. The second-order valence-corrected chi connectivity index (χ2v) is 6.92. The van der Waals surface area contributed by atoms with Crippen molar-refractivity contribution in [3.8, 4) is 0 Å². The van der Waals surface area contributed by atoms with Gasteiger partial charge in [-0.3, -0.25) is 9.69 Å². The first-order valence-electron chi connectivity index (χ1n) is 7.98. The molecule has 1 atom stereocenters. The molecule has 1 fully saturated rings. The monoisotopic (exact) mass is 356 g/mol. The average Bonchev–Trinajstić information content (AvgIpc) is 2.49. The molecule has 6 nitrogen and oxygen atoms in total. The predicted octanol–water partition coefficient (Wildman–Crippen LogP) is 2.64.